The molecule has 1 aromatic carbocycles. The van der Waals surface area contributed by atoms with Crippen molar-refractivity contribution in [2.24, 2.45) is 0 Å². The zero-order valence-corrected chi connectivity index (χ0v) is 10.2. The summed E-state index contributed by atoms with van der Waals surface area (Å²) in [6.07, 6.45) is 4.19. The Morgan fingerprint density at radius 1 is 1.25 bits per heavy atom. The van der Waals surface area contributed by atoms with Crippen molar-refractivity contribution in [3.63, 3.8) is 0 Å². The van der Waals surface area contributed by atoms with Gasteiger partial charge >= 0.3 is 5.97 Å². The van der Waals surface area contributed by atoms with Crippen LogP contribution in [0.3, 0.4) is 0 Å². The quantitative estimate of drug-likeness (QED) is 0.586. The van der Waals surface area contributed by atoms with Gasteiger partial charge in [0.15, 0.2) is 0 Å². The van der Waals surface area contributed by atoms with E-state index in [1.54, 1.807) is 12.1 Å². The van der Waals surface area contributed by atoms with E-state index >= 15 is 0 Å². The smallest absolute Gasteiger partial charge is 0.335 e. The molecule has 0 saturated heterocycles. The lowest BCUT2D eigenvalue weighted by molar-refractivity contribution is -0.111. The predicted molar refractivity (Wildman–Crippen MR) is 71.4 cm³/mol. The summed E-state index contributed by atoms with van der Waals surface area (Å²) < 4.78 is 5.02. The van der Waals surface area contributed by atoms with Crippen LogP contribution >= 0.6 is 0 Å². The summed E-state index contributed by atoms with van der Waals surface area (Å²) in [5.74, 6) is -1.43. The second kappa shape index (κ2) is 5.75. The fourth-order valence-corrected chi connectivity index (χ4v) is 1.49. The number of carbonyl (C=O) groups is 2. The number of rotatable bonds is 4. The summed E-state index contributed by atoms with van der Waals surface area (Å²) in [6.45, 7) is 0. The molecule has 0 bridgehead atoms. The Balaban J connectivity index is 2.06. The molecular formula is C14H11NO5. The van der Waals surface area contributed by atoms with Crippen LogP contribution in [0.4, 0.5) is 5.69 Å². The summed E-state index contributed by atoms with van der Waals surface area (Å²) in [4.78, 5) is 22.3. The fraction of sp³-hybridized carbons (Fsp3) is 0. The molecule has 102 valence electrons. The largest absolute Gasteiger partial charge is 0.506 e. The average molecular weight is 273 g/mol. The van der Waals surface area contributed by atoms with Crippen LogP contribution in [0.15, 0.2) is 47.1 Å². The van der Waals surface area contributed by atoms with E-state index in [2.05, 4.69) is 5.32 Å². The molecule has 0 saturated carbocycles. The number of furan rings is 1. The van der Waals surface area contributed by atoms with Crippen LogP contribution in [0.5, 0.6) is 5.75 Å². The van der Waals surface area contributed by atoms with Gasteiger partial charge in [0, 0.05) is 6.08 Å². The van der Waals surface area contributed by atoms with Gasteiger partial charge in [-0.25, -0.2) is 4.79 Å². The number of anilines is 1. The second-order valence-corrected chi connectivity index (χ2v) is 3.88. The SMILES string of the molecule is O=C(/C=C/c1ccco1)Nc1ccc(C(=O)O)cc1O. The number of phenolic OH excluding ortho intramolecular Hbond substituents is 1. The van der Waals surface area contributed by atoms with Gasteiger partial charge in [0.1, 0.15) is 11.5 Å². The maximum absolute atomic E-state index is 11.6. The first-order chi connectivity index (χ1) is 9.56. The maximum Gasteiger partial charge on any atom is 0.335 e. The van der Waals surface area contributed by atoms with Gasteiger partial charge in [0.25, 0.3) is 0 Å². The highest BCUT2D eigenvalue weighted by molar-refractivity contribution is 6.03. The Labute approximate surface area is 114 Å². The van der Waals surface area contributed by atoms with Crippen LogP contribution in [-0.4, -0.2) is 22.1 Å². The topological polar surface area (TPSA) is 99.8 Å². The molecule has 20 heavy (non-hydrogen) atoms. The van der Waals surface area contributed by atoms with Crippen molar-refractivity contribution in [2.75, 3.05) is 5.32 Å². The zero-order chi connectivity index (χ0) is 14.5. The van der Waals surface area contributed by atoms with Crippen LogP contribution in [0.2, 0.25) is 0 Å². The van der Waals surface area contributed by atoms with Gasteiger partial charge in [0.05, 0.1) is 17.5 Å². The Morgan fingerprint density at radius 3 is 2.65 bits per heavy atom. The van der Waals surface area contributed by atoms with Crippen molar-refractivity contribution >= 4 is 23.6 Å². The molecule has 2 aromatic rings. The van der Waals surface area contributed by atoms with E-state index in [1.165, 1.54) is 30.5 Å². The minimum absolute atomic E-state index is 0.0633. The number of amides is 1. The molecule has 0 aliphatic rings. The number of aromatic carboxylic acids is 1. The van der Waals surface area contributed by atoms with Crippen LogP contribution in [0, 0.1) is 0 Å². The van der Waals surface area contributed by atoms with Crippen LogP contribution < -0.4 is 5.32 Å². The van der Waals surface area contributed by atoms with Crippen molar-refractivity contribution in [3.8, 4) is 5.75 Å². The van der Waals surface area contributed by atoms with Crippen molar-refractivity contribution in [3.05, 3.63) is 54.0 Å². The standard InChI is InChI=1S/C14H11NO5/c16-12-8-9(14(18)19)3-5-11(12)15-13(17)6-4-10-2-1-7-20-10/h1-8,16H,(H,15,17)(H,18,19)/b6-4+. The van der Waals surface area contributed by atoms with E-state index in [9.17, 15) is 14.7 Å². The minimum atomic E-state index is -1.16. The molecule has 0 unspecified atom stereocenters. The van der Waals surface area contributed by atoms with Gasteiger partial charge in [0.2, 0.25) is 5.91 Å². The molecule has 6 nitrogen and oxygen atoms in total. The Kier molecular flexibility index (Phi) is 3.85. The first kappa shape index (κ1) is 13.4. The number of benzene rings is 1. The summed E-state index contributed by atoms with van der Waals surface area (Å²) >= 11 is 0. The number of nitrogens with one attached hydrogen (secondary N) is 1. The average Bonchev–Trinajstić information content (AvgIpc) is 2.91. The number of hydrogen-bond donors (Lipinski definition) is 3. The second-order valence-electron chi connectivity index (χ2n) is 3.88. The van der Waals surface area contributed by atoms with Crippen molar-refractivity contribution in [1.29, 1.82) is 0 Å². The van der Waals surface area contributed by atoms with Gasteiger partial charge in [-0.05, 0) is 36.4 Å². The molecule has 0 atom stereocenters. The molecule has 1 heterocycles. The molecular weight excluding hydrogens is 262 g/mol. The lowest BCUT2D eigenvalue weighted by atomic mass is 10.2. The zero-order valence-electron chi connectivity index (χ0n) is 10.2. The highest BCUT2D eigenvalue weighted by Gasteiger charge is 2.08. The highest BCUT2D eigenvalue weighted by atomic mass is 16.4. The Morgan fingerprint density at radius 2 is 2.05 bits per heavy atom. The van der Waals surface area contributed by atoms with Crippen LogP contribution in [0.25, 0.3) is 6.08 Å². The maximum atomic E-state index is 11.6. The normalized spacial score (nSPS) is 10.6. The Bertz CT molecular complexity index is 658. The number of carboxylic acids is 1. The van der Waals surface area contributed by atoms with Gasteiger partial charge in [-0.15, -0.1) is 0 Å². The summed E-state index contributed by atoms with van der Waals surface area (Å²) in [5, 5.41) is 20.8. The molecule has 0 fully saturated rings. The van der Waals surface area contributed by atoms with E-state index in [4.69, 9.17) is 9.52 Å². The third-order valence-electron chi connectivity index (χ3n) is 2.44. The predicted octanol–water partition coefficient (Wildman–Crippen LogP) is 2.34. The third-order valence-corrected chi connectivity index (χ3v) is 2.44. The first-order valence-electron chi connectivity index (χ1n) is 5.65. The van der Waals surface area contributed by atoms with Crippen molar-refractivity contribution in [2.45, 2.75) is 0 Å². The molecule has 0 aliphatic heterocycles. The van der Waals surface area contributed by atoms with Gasteiger partial charge < -0.3 is 19.9 Å². The number of aromatic hydroxyl groups is 1. The number of phenols is 1. The molecule has 2 rings (SSSR count). The molecule has 0 radical (unpaired) electrons. The van der Waals surface area contributed by atoms with E-state index < -0.39 is 11.9 Å². The Hall–Kier alpha value is -3.02. The summed E-state index contributed by atoms with van der Waals surface area (Å²) in [5.41, 5.74) is 0.0655. The van der Waals surface area contributed by atoms with Crippen molar-refractivity contribution < 1.29 is 24.2 Å². The third kappa shape index (κ3) is 3.26. The van der Waals surface area contributed by atoms with Gasteiger partial charge in [-0.2, -0.15) is 0 Å². The lowest BCUT2D eigenvalue weighted by Crippen LogP contribution is -2.08. The first-order valence-corrected chi connectivity index (χ1v) is 5.65. The van der Waals surface area contributed by atoms with Crippen LogP contribution in [0.1, 0.15) is 16.1 Å². The van der Waals surface area contributed by atoms with E-state index in [0.29, 0.717) is 5.76 Å². The monoisotopic (exact) mass is 273 g/mol. The molecule has 3 N–H and O–H groups in total. The van der Waals surface area contributed by atoms with Gasteiger partial charge in [-0.3, -0.25) is 4.79 Å². The number of carbonyl (C=O) groups excluding carboxylic acids is 1. The summed E-state index contributed by atoms with van der Waals surface area (Å²) in [6, 6.07) is 7.04. The molecule has 0 spiro atoms. The minimum Gasteiger partial charge on any atom is -0.506 e. The van der Waals surface area contributed by atoms with Crippen LogP contribution in [-0.2, 0) is 4.79 Å². The number of carboxylic acid groups (broad SMARTS) is 1. The lowest BCUT2D eigenvalue weighted by Gasteiger charge is -2.05. The van der Waals surface area contributed by atoms with E-state index in [1.807, 2.05) is 0 Å². The summed E-state index contributed by atoms with van der Waals surface area (Å²) in [7, 11) is 0. The molecule has 0 aliphatic carbocycles. The van der Waals surface area contributed by atoms with E-state index in [-0.39, 0.29) is 17.0 Å². The fourth-order valence-electron chi connectivity index (χ4n) is 1.49. The highest BCUT2D eigenvalue weighted by Crippen LogP contribution is 2.24. The van der Waals surface area contributed by atoms with E-state index in [0.717, 1.165) is 6.07 Å². The molecule has 6 heteroatoms. The van der Waals surface area contributed by atoms with Gasteiger partial charge in [-0.1, -0.05) is 0 Å². The van der Waals surface area contributed by atoms with Crippen molar-refractivity contribution in [1.82, 2.24) is 0 Å². The molecule has 1 aromatic heterocycles. The molecule has 1 amide bonds. The number of hydrogen-bond acceptors (Lipinski definition) is 4.